The van der Waals surface area contributed by atoms with Crippen LogP contribution in [0.1, 0.15) is 34.5 Å². The number of benzene rings is 1. The normalized spacial score (nSPS) is 18.0. The van der Waals surface area contributed by atoms with Crippen molar-refractivity contribution in [3.05, 3.63) is 65.2 Å². The Hall–Kier alpha value is -2.23. The van der Waals surface area contributed by atoms with Gasteiger partial charge in [-0.2, -0.15) is 0 Å². The van der Waals surface area contributed by atoms with Crippen molar-refractivity contribution in [2.45, 2.75) is 26.2 Å². The monoisotopic (exact) mass is 312 g/mol. The predicted molar refractivity (Wildman–Crippen MR) is 87.7 cm³/mol. The van der Waals surface area contributed by atoms with Crippen LogP contribution >= 0.6 is 0 Å². The van der Waals surface area contributed by atoms with Gasteiger partial charge in [0.2, 0.25) is 0 Å². The number of piperidine rings is 1. The zero-order valence-corrected chi connectivity index (χ0v) is 13.3. The van der Waals surface area contributed by atoms with Crippen molar-refractivity contribution in [3.8, 4) is 0 Å². The smallest absolute Gasteiger partial charge is 0.253 e. The van der Waals surface area contributed by atoms with Crippen LogP contribution in [0.25, 0.3) is 0 Å². The number of aromatic nitrogens is 1. The molecule has 0 unspecified atom stereocenters. The van der Waals surface area contributed by atoms with E-state index in [9.17, 15) is 9.18 Å². The third-order valence-electron chi connectivity index (χ3n) is 4.37. The standard InChI is InChI=1S/C19H21FN2O/c1-14-7-8-15(12-21-14)10-16-4-3-9-22(13-16)19(23)17-5-2-6-18(20)11-17/h2,5-8,11-12,16H,3-4,9-10,13H2,1H3/t16-/m0/s1. The second-order valence-corrected chi connectivity index (χ2v) is 6.28. The molecule has 1 atom stereocenters. The summed E-state index contributed by atoms with van der Waals surface area (Å²) in [5.41, 5.74) is 2.66. The third-order valence-corrected chi connectivity index (χ3v) is 4.37. The molecule has 1 aliphatic rings. The van der Waals surface area contributed by atoms with Gasteiger partial charge in [0, 0.05) is 30.5 Å². The van der Waals surface area contributed by atoms with E-state index in [2.05, 4.69) is 11.1 Å². The second-order valence-electron chi connectivity index (χ2n) is 6.28. The van der Waals surface area contributed by atoms with Gasteiger partial charge >= 0.3 is 0 Å². The molecule has 4 heteroatoms. The molecule has 0 aliphatic carbocycles. The van der Waals surface area contributed by atoms with Crippen LogP contribution in [-0.2, 0) is 6.42 Å². The molecule has 0 saturated carbocycles. The molecule has 120 valence electrons. The summed E-state index contributed by atoms with van der Waals surface area (Å²) in [5.74, 6) is -0.00265. The van der Waals surface area contributed by atoms with Crippen LogP contribution in [0.4, 0.5) is 4.39 Å². The second kappa shape index (κ2) is 6.90. The van der Waals surface area contributed by atoms with Gasteiger partial charge in [0.1, 0.15) is 5.82 Å². The fraction of sp³-hybridized carbons (Fsp3) is 0.368. The maximum Gasteiger partial charge on any atom is 0.253 e. The highest BCUT2D eigenvalue weighted by molar-refractivity contribution is 5.94. The SMILES string of the molecule is Cc1ccc(C[C@@H]2CCCN(C(=O)c3cccc(F)c3)C2)cn1. The Morgan fingerprint density at radius 2 is 2.22 bits per heavy atom. The molecular weight excluding hydrogens is 291 g/mol. The first-order chi connectivity index (χ1) is 11.1. The van der Waals surface area contributed by atoms with E-state index in [1.54, 1.807) is 12.1 Å². The Kier molecular flexibility index (Phi) is 4.70. The predicted octanol–water partition coefficient (Wildman–Crippen LogP) is 3.62. The fourth-order valence-corrected chi connectivity index (χ4v) is 3.17. The lowest BCUT2D eigenvalue weighted by atomic mass is 9.91. The number of hydrogen-bond acceptors (Lipinski definition) is 2. The van der Waals surface area contributed by atoms with Crippen LogP contribution in [0.3, 0.4) is 0 Å². The van der Waals surface area contributed by atoms with Crippen molar-refractivity contribution in [3.63, 3.8) is 0 Å². The molecule has 2 heterocycles. The largest absolute Gasteiger partial charge is 0.338 e. The Labute approximate surface area is 136 Å². The van der Waals surface area contributed by atoms with Crippen molar-refractivity contribution in [2.75, 3.05) is 13.1 Å². The summed E-state index contributed by atoms with van der Waals surface area (Å²) < 4.78 is 13.3. The lowest BCUT2D eigenvalue weighted by molar-refractivity contribution is 0.0673. The summed E-state index contributed by atoms with van der Waals surface area (Å²) in [6, 6.07) is 10.1. The third kappa shape index (κ3) is 3.95. The molecule has 23 heavy (non-hydrogen) atoms. The number of likely N-dealkylation sites (tertiary alicyclic amines) is 1. The van der Waals surface area contributed by atoms with E-state index in [0.717, 1.165) is 38.0 Å². The number of nitrogens with zero attached hydrogens (tertiary/aromatic N) is 2. The molecular formula is C19H21FN2O. The molecule has 1 aliphatic heterocycles. The lowest BCUT2D eigenvalue weighted by Gasteiger charge is -2.33. The first-order valence-electron chi connectivity index (χ1n) is 8.08. The lowest BCUT2D eigenvalue weighted by Crippen LogP contribution is -2.40. The Balaban J connectivity index is 1.66. The minimum absolute atomic E-state index is 0.0729. The van der Waals surface area contributed by atoms with E-state index in [-0.39, 0.29) is 11.7 Å². The number of carbonyl (C=O) groups is 1. The first kappa shape index (κ1) is 15.7. The van der Waals surface area contributed by atoms with Crippen LogP contribution in [0.15, 0.2) is 42.6 Å². The highest BCUT2D eigenvalue weighted by Gasteiger charge is 2.24. The Bertz CT molecular complexity index is 684. The summed E-state index contributed by atoms with van der Waals surface area (Å²) >= 11 is 0. The fourth-order valence-electron chi connectivity index (χ4n) is 3.17. The molecule has 0 spiro atoms. The minimum Gasteiger partial charge on any atom is -0.338 e. The van der Waals surface area contributed by atoms with Crippen LogP contribution in [0, 0.1) is 18.7 Å². The van der Waals surface area contributed by atoms with Crippen molar-refractivity contribution >= 4 is 5.91 Å². The van der Waals surface area contributed by atoms with Gasteiger partial charge in [-0.25, -0.2) is 4.39 Å². The van der Waals surface area contributed by atoms with Crippen molar-refractivity contribution in [2.24, 2.45) is 5.92 Å². The Morgan fingerprint density at radius 1 is 1.35 bits per heavy atom. The highest BCUT2D eigenvalue weighted by atomic mass is 19.1. The summed E-state index contributed by atoms with van der Waals surface area (Å²) in [5, 5.41) is 0. The van der Waals surface area contributed by atoms with Crippen molar-refractivity contribution in [1.82, 2.24) is 9.88 Å². The number of carbonyl (C=O) groups excluding carboxylic acids is 1. The molecule has 0 radical (unpaired) electrons. The zero-order valence-electron chi connectivity index (χ0n) is 13.3. The molecule has 1 aromatic heterocycles. The number of hydrogen-bond donors (Lipinski definition) is 0. The van der Waals surface area contributed by atoms with Gasteiger partial charge in [0.15, 0.2) is 0 Å². The molecule has 2 aromatic rings. The van der Waals surface area contributed by atoms with Gasteiger partial charge in [0.05, 0.1) is 0 Å². The van der Waals surface area contributed by atoms with Crippen molar-refractivity contribution in [1.29, 1.82) is 0 Å². The summed E-state index contributed by atoms with van der Waals surface area (Å²) in [7, 11) is 0. The van der Waals surface area contributed by atoms with Gasteiger partial charge in [0.25, 0.3) is 5.91 Å². The molecule has 0 N–H and O–H groups in total. The topological polar surface area (TPSA) is 33.2 Å². The van der Waals surface area contributed by atoms with Gasteiger partial charge in [-0.3, -0.25) is 9.78 Å². The van der Waals surface area contributed by atoms with Crippen molar-refractivity contribution < 1.29 is 9.18 Å². The van der Waals surface area contributed by atoms with Crippen LogP contribution in [-0.4, -0.2) is 28.9 Å². The van der Waals surface area contributed by atoms with Gasteiger partial charge in [-0.1, -0.05) is 12.1 Å². The average molecular weight is 312 g/mol. The molecule has 1 fully saturated rings. The highest BCUT2D eigenvalue weighted by Crippen LogP contribution is 2.22. The summed E-state index contributed by atoms with van der Waals surface area (Å²) in [6.45, 7) is 3.45. The van der Waals surface area contributed by atoms with Gasteiger partial charge < -0.3 is 4.90 Å². The minimum atomic E-state index is -0.366. The average Bonchev–Trinajstić information content (AvgIpc) is 2.56. The van der Waals surface area contributed by atoms with E-state index in [0.29, 0.717) is 11.5 Å². The van der Waals surface area contributed by atoms with E-state index in [1.165, 1.54) is 17.7 Å². The quantitative estimate of drug-likeness (QED) is 0.867. The molecule has 3 rings (SSSR count). The molecule has 1 saturated heterocycles. The van der Waals surface area contributed by atoms with E-state index < -0.39 is 0 Å². The number of aryl methyl sites for hydroxylation is 1. The number of pyridine rings is 1. The zero-order chi connectivity index (χ0) is 16.2. The number of rotatable bonds is 3. The number of amides is 1. The summed E-state index contributed by atoms with van der Waals surface area (Å²) in [6.07, 6.45) is 4.95. The molecule has 1 amide bonds. The number of halogens is 1. The maximum absolute atomic E-state index is 13.3. The van der Waals surface area contributed by atoms with E-state index >= 15 is 0 Å². The maximum atomic E-state index is 13.3. The van der Waals surface area contributed by atoms with Gasteiger partial charge in [-0.05, 0) is 61.9 Å². The summed E-state index contributed by atoms with van der Waals surface area (Å²) in [4.78, 5) is 18.7. The van der Waals surface area contributed by atoms with Crippen LogP contribution in [0.2, 0.25) is 0 Å². The molecule has 0 bridgehead atoms. The van der Waals surface area contributed by atoms with Gasteiger partial charge in [-0.15, -0.1) is 0 Å². The first-order valence-corrected chi connectivity index (χ1v) is 8.08. The van der Waals surface area contributed by atoms with Crippen LogP contribution in [0.5, 0.6) is 0 Å². The molecule has 3 nitrogen and oxygen atoms in total. The Morgan fingerprint density at radius 3 is 2.96 bits per heavy atom. The molecule has 1 aromatic carbocycles. The van der Waals surface area contributed by atoms with Crippen LogP contribution < -0.4 is 0 Å². The van der Waals surface area contributed by atoms with E-state index in [1.807, 2.05) is 24.1 Å². The van der Waals surface area contributed by atoms with E-state index in [4.69, 9.17) is 0 Å².